The van der Waals surface area contributed by atoms with Crippen LogP contribution in [0.5, 0.6) is 0 Å². The molecule has 3 aromatic carbocycles. The Morgan fingerprint density at radius 3 is 1.05 bits per heavy atom. The molecule has 3 aromatic heterocycles. The minimum absolute atomic E-state index is 0.0268. The Bertz CT molecular complexity index is 4210. The molecule has 0 bridgehead atoms. The van der Waals surface area contributed by atoms with Gasteiger partial charge in [-0.25, -0.2) is 27.2 Å². The van der Waals surface area contributed by atoms with Crippen LogP contribution in [-0.2, 0) is 32.9 Å². The second-order valence-corrected chi connectivity index (χ2v) is 24.3. The van der Waals surface area contributed by atoms with Crippen LogP contribution in [0.1, 0.15) is 111 Å². The average Bonchev–Trinajstić information content (AvgIpc) is 1.29. The number of nitrogens with zero attached hydrogens (tertiary/aromatic N) is 9. The molecule has 3 spiro atoms. The van der Waals surface area contributed by atoms with Crippen LogP contribution >= 0.6 is 0 Å². The zero-order valence-corrected chi connectivity index (χ0v) is 49.5. The van der Waals surface area contributed by atoms with E-state index in [1.807, 2.05) is 0 Å². The zero-order valence-electron chi connectivity index (χ0n) is 49.5. The van der Waals surface area contributed by atoms with Crippen molar-refractivity contribution in [1.82, 2.24) is 44.0 Å². The Morgan fingerprint density at radius 1 is 0.479 bits per heavy atom. The molecular formula is C61H57F12N15O6. The number of amides is 6. The second kappa shape index (κ2) is 23.7. The van der Waals surface area contributed by atoms with Crippen LogP contribution in [0.3, 0.4) is 0 Å². The molecule has 3 aliphatic carbocycles. The number of benzene rings is 3. The summed E-state index contributed by atoms with van der Waals surface area (Å²) in [5.41, 5.74) is 28.7. The van der Waals surface area contributed by atoms with Gasteiger partial charge in [-0.15, -0.1) is 0 Å². The summed E-state index contributed by atoms with van der Waals surface area (Å²) in [4.78, 5) is 76.0. The zero-order chi connectivity index (χ0) is 68.9. The summed E-state index contributed by atoms with van der Waals surface area (Å²) < 4.78 is 163. The van der Waals surface area contributed by atoms with Gasteiger partial charge in [0.15, 0.2) is 0 Å². The molecule has 6 aliphatic rings. The molecule has 0 unspecified atom stereocenters. The lowest BCUT2D eigenvalue weighted by Crippen LogP contribution is -2.63. The van der Waals surface area contributed by atoms with Gasteiger partial charge >= 0.3 is 18.5 Å². The number of carbonyl (C=O) groups excluding carboxylic acids is 6. The first kappa shape index (κ1) is 66.6. The van der Waals surface area contributed by atoms with E-state index in [1.165, 1.54) is 26.2 Å². The number of nitrogens with two attached hydrogens (primary N) is 6. The van der Waals surface area contributed by atoms with Crippen molar-refractivity contribution in [3.63, 3.8) is 0 Å². The number of hydrogen-bond acceptors (Lipinski definition) is 12. The summed E-state index contributed by atoms with van der Waals surface area (Å²) in [7, 11) is 0. The third-order valence-corrected chi connectivity index (χ3v) is 17.9. The van der Waals surface area contributed by atoms with Gasteiger partial charge in [0.2, 0.25) is 11.8 Å². The number of primary amides is 3. The third-order valence-electron chi connectivity index (χ3n) is 17.9. The number of anilines is 3. The fraction of sp³-hybridized carbons (Fsp3) is 0.361. The van der Waals surface area contributed by atoms with Crippen LogP contribution in [0, 0.1) is 45.5 Å². The van der Waals surface area contributed by atoms with Crippen molar-refractivity contribution >= 4 is 52.9 Å². The van der Waals surface area contributed by atoms with E-state index in [-0.39, 0.29) is 120 Å². The SMILES string of the molecule is C=CC(=O)N1CC2(CC(n3nc(-c4ccc(C(F)(F)F)c(F)c4)c(C(N)=O)c3N)C2)C1.C=CC(=O)N1CC2(CC(n3nc(-c4ccc(F)c(C(F)(F)F)c4)c(C(N)=O)c3N)C2)C1.CC#CC(=O)N1CC2(CC(n3nc(-c4ccc(F)c(C(F)(F)F)c4)c(C(N)=O)c3N)C2)C1. The van der Waals surface area contributed by atoms with Crippen molar-refractivity contribution in [2.45, 2.75) is 82.1 Å². The van der Waals surface area contributed by atoms with Gasteiger partial charge in [0, 0.05) is 72.2 Å². The molecule has 33 heteroatoms. The molecule has 6 fully saturated rings. The van der Waals surface area contributed by atoms with Gasteiger partial charge in [-0.3, -0.25) is 28.8 Å². The number of aromatic nitrogens is 6. The number of alkyl halides is 9. The summed E-state index contributed by atoms with van der Waals surface area (Å²) in [6.07, 6.45) is -8.37. The van der Waals surface area contributed by atoms with Gasteiger partial charge in [-0.1, -0.05) is 25.1 Å². The summed E-state index contributed by atoms with van der Waals surface area (Å²) in [5, 5.41) is 12.9. The monoisotopic (exact) mass is 1320 g/mol. The molecule has 3 aliphatic heterocycles. The maximum atomic E-state index is 14.1. The minimum atomic E-state index is -4.92. The Morgan fingerprint density at radius 2 is 0.777 bits per heavy atom. The highest BCUT2D eigenvalue weighted by atomic mass is 19.4. The highest BCUT2D eigenvalue weighted by Crippen LogP contribution is 2.58. The predicted octanol–water partition coefficient (Wildman–Crippen LogP) is 8.05. The van der Waals surface area contributed by atoms with E-state index in [2.05, 4.69) is 40.3 Å². The Kier molecular flexibility index (Phi) is 16.8. The van der Waals surface area contributed by atoms with Crippen molar-refractivity contribution in [1.29, 1.82) is 0 Å². The second-order valence-electron chi connectivity index (χ2n) is 24.3. The molecule has 94 heavy (non-hydrogen) atoms. The molecule has 12 rings (SSSR count). The molecule has 3 saturated heterocycles. The van der Waals surface area contributed by atoms with Crippen molar-refractivity contribution in [3.05, 3.63) is 131 Å². The number of carbonyl (C=O) groups is 6. The number of halogens is 12. The molecule has 12 N–H and O–H groups in total. The van der Waals surface area contributed by atoms with Crippen LogP contribution in [0.15, 0.2) is 79.9 Å². The topological polar surface area (TPSA) is 322 Å². The molecule has 0 radical (unpaired) electrons. The Labute approximate surface area is 525 Å². The van der Waals surface area contributed by atoms with Crippen molar-refractivity contribution in [3.8, 4) is 45.6 Å². The van der Waals surface area contributed by atoms with Gasteiger partial charge in [-0.2, -0.15) is 54.8 Å². The molecule has 6 aromatic rings. The van der Waals surface area contributed by atoms with Gasteiger partial charge in [0.05, 0.1) is 34.8 Å². The Hall–Kier alpha value is -10.3. The highest BCUT2D eigenvalue weighted by Gasteiger charge is 2.57. The van der Waals surface area contributed by atoms with Gasteiger partial charge in [0.25, 0.3) is 23.6 Å². The lowest BCUT2D eigenvalue weighted by Gasteiger charge is -2.58. The number of rotatable bonds is 11. The van der Waals surface area contributed by atoms with E-state index in [0.29, 0.717) is 114 Å². The van der Waals surface area contributed by atoms with Crippen molar-refractivity contribution < 1.29 is 81.5 Å². The largest absolute Gasteiger partial charge is 0.419 e. The highest BCUT2D eigenvalue weighted by molar-refractivity contribution is 6.05. The molecule has 0 atom stereocenters. The number of nitrogen functional groups attached to an aromatic ring is 3. The number of hydrogen-bond donors (Lipinski definition) is 6. The Balaban J connectivity index is 0.000000154. The lowest BCUT2D eigenvalue weighted by molar-refractivity contribution is -0.149. The minimum Gasteiger partial charge on any atom is -0.383 e. The van der Waals surface area contributed by atoms with Gasteiger partial charge < -0.3 is 49.1 Å². The van der Waals surface area contributed by atoms with E-state index < -0.39 is 70.4 Å². The molecule has 6 amide bonds. The fourth-order valence-electron chi connectivity index (χ4n) is 13.5. The maximum absolute atomic E-state index is 14.1. The first-order valence-corrected chi connectivity index (χ1v) is 28.6. The van der Waals surface area contributed by atoms with Gasteiger partial charge in [0.1, 0.15) is 68.7 Å². The summed E-state index contributed by atoms with van der Waals surface area (Å²) in [6, 6.07) is 6.37. The van der Waals surface area contributed by atoms with Crippen LogP contribution in [0.2, 0.25) is 0 Å². The average molecular weight is 1320 g/mol. The van der Waals surface area contributed by atoms with Gasteiger partial charge in [-0.05, 0) is 112 Å². The predicted molar refractivity (Wildman–Crippen MR) is 312 cm³/mol. The molecule has 3 saturated carbocycles. The molecule has 6 heterocycles. The smallest absolute Gasteiger partial charge is 0.383 e. The molecule has 21 nitrogen and oxygen atoms in total. The normalized spacial score (nSPS) is 17.7. The summed E-state index contributed by atoms with van der Waals surface area (Å²) in [5.74, 6) is -2.80. The fourth-order valence-corrected chi connectivity index (χ4v) is 13.5. The summed E-state index contributed by atoms with van der Waals surface area (Å²) in [6.45, 7) is 11.9. The summed E-state index contributed by atoms with van der Waals surface area (Å²) >= 11 is 0. The van der Waals surface area contributed by atoms with E-state index >= 15 is 0 Å². The first-order chi connectivity index (χ1) is 43.9. The molecular weight excluding hydrogens is 1270 g/mol. The standard InChI is InChI=1S/C21H19F4N5O2.2C20H19F4N5O2/c1-2-3-15(31)29-9-20(10-29)7-12(8-20)30-18(26)16(19(27)32)17(28-30)11-4-5-14(22)13(6-11)21(23,24)25;1-2-14(30)28-8-19(9-28)6-11(7-19)29-17(25)15(18(26)31)16(27-29)10-3-4-13(21)12(5-10)20(22,23)24;1-2-14(30)28-8-19(9-28)6-11(7-19)29-17(25)15(18(26)31)16(27-29)10-3-4-12(13(21)5-10)20(22,23)24/h4-6,12H,7-10,26H2,1H3,(H2,27,32);2*2-5,11H,1,6-9,25H2,(H2,26,31). The van der Waals surface area contributed by atoms with Crippen molar-refractivity contribution in [2.75, 3.05) is 56.5 Å². The third kappa shape index (κ3) is 12.1. The van der Waals surface area contributed by atoms with Crippen molar-refractivity contribution in [2.24, 2.45) is 33.4 Å². The van der Waals surface area contributed by atoms with Crippen LogP contribution in [-0.4, -0.2) is 119 Å². The quantitative estimate of drug-likeness (QED) is 0.0408. The first-order valence-electron chi connectivity index (χ1n) is 28.6. The van der Waals surface area contributed by atoms with E-state index in [4.69, 9.17) is 34.4 Å². The molecule has 496 valence electrons. The number of likely N-dealkylation sites (tertiary alicyclic amines) is 3. The lowest BCUT2D eigenvalue weighted by atomic mass is 9.60. The van der Waals surface area contributed by atoms with Crippen LogP contribution in [0.25, 0.3) is 33.8 Å². The van der Waals surface area contributed by atoms with E-state index in [9.17, 15) is 81.5 Å². The maximum Gasteiger partial charge on any atom is 0.419 e. The van der Waals surface area contributed by atoms with E-state index in [0.717, 1.165) is 18.2 Å². The van der Waals surface area contributed by atoms with Crippen LogP contribution in [0.4, 0.5) is 70.1 Å². The van der Waals surface area contributed by atoms with E-state index in [1.54, 1.807) is 21.6 Å². The van der Waals surface area contributed by atoms with Crippen LogP contribution < -0.4 is 34.4 Å².